The van der Waals surface area contributed by atoms with Gasteiger partial charge < -0.3 is 10.1 Å². The van der Waals surface area contributed by atoms with Gasteiger partial charge in [-0.05, 0) is 60.9 Å². The van der Waals surface area contributed by atoms with Crippen LogP contribution in [0.3, 0.4) is 0 Å². The summed E-state index contributed by atoms with van der Waals surface area (Å²) in [5, 5.41) is 10.2. The zero-order valence-electron chi connectivity index (χ0n) is 17.3. The minimum atomic E-state index is -0.104. The maximum absolute atomic E-state index is 12.4. The molecule has 1 amide bonds. The van der Waals surface area contributed by atoms with Gasteiger partial charge in [0.1, 0.15) is 5.75 Å². The summed E-state index contributed by atoms with van der Waals surface area (Å²) in [7, 11) is 0. The molecule has 6 heteroatoms. The molecule has 0 aliphatic rings. The summed E-state index contributed by atoms with van der Waals surface area (Å²) in [4.78, 5) is 13.2. The maximum Gasteiger partial charge on any atom is 0.238 e. The number of hydrogen-bond donors (Lipinski definition) is 3. The third kappa shape index (κ3) is 5.16. The number of benzene rings is 3. The molecule has 0 radical (unpaired) electrons. The molecule has 0 saturated carbocycles. The first-order valence-electron chi connectivity index (χ1n) is 9.95. The van der Waals surface area contributed by atoms with Crippen LogP contribution in [-0.2, 0) is 11.2 Å². The third-order valence-electron chi connectivity index (χ3n) is 4.92. The highest BCUT2D eigenvalue weighted by Crippen LogP contribution is 2.29. The van der Waals surface area contributed by atoms with Crippen LogP contribution in [0.15, 0.2) is 77.7 Å². The summed E-state index contributed by atoms with van der Waals surface area (Å²) in [6.07, 6.45) is 0.238. The first-order chi connectivity index (χ1) is 15.0. The number of aromatic amines is 1. The molecule has 4 rings (SSSR count). The number of nitrogens with zero attached hydrogens (tertiary/aromatic N) is 1. The standard InChI is InChI=1S/C25H23N3O2S/c1-16-6-3-7-17(2)25(16)22-15-24(28-27-22)30-20-10-4-8-18(12-20)13-23(29)26-19-9-5-11-21(31)14-19/h3-12,14-15,31H,13H2,1-2H3,(H,26,29)(H,27,28). The molecule has 1 heterocycles. The van der Waals surface area contributed by atoms with Crippen LogP contribution in [0, 0.1) is 13.8 Å². The molecule has 0 aliphatic heterocycles. The zero-order valence-corrected chi connectivity index (χ0v) is 18.2. The summed E-state index contributed by atoms with van der Waals surface area (Å²) >= 11 is 4.30. The Bertz CT molecular complexity index is 1210. The fraction of sp³-hybridized carbons (Fsp3) is 0.120. The number of amides is 1. The number of hydrogen-bond acceptors (Lipinski definition) is 4. The second-order valence-corrected chi connectivity index (χ2v) is 7.93. The third-order valence-corrected chi connectivity index (χ3v) is 5.20. The quantitative estimate of drug-likeness (QED) is 0.332. The van der Waals surface area contributed by atoms with Gasteiger partial charge in [0.05, 0.1) is 12.1 Å². The molecule has 0 bridgehead atoms. The molecule has 2 N–H and O–H groups in total. The molecule has 31 heavy (non-hydrogen) atoms. The van der Waals surface area contributed by atoms with Gasteiger partial charge in [0.2, 0.25) is 11.8 Å². The molecule has 0 fully saturated rings. The molecule has 0 aliphatic carbocycles. The van der Waals surface area contributed by atoms with E-state index in [9.17, 15) is 4.79 Å². The van der Waals surface area contributed by atoms with Gasteiger partial charge in [-0.2, -0.15) is 0 Å². The smallest absolute Gasteiger partial charge is 0.238 e. The molecule has 156 valence electrons. The van der Waals surface area contributed by atoms with Gasteiger partial charge in [-0.1, -0.05) is 36.4 Å². The molecule has 1 aromatic heterocycles. The van der Waals surface area contributed by atoms with E-state index in [1.165, 1.54) is 11.1 Å². The lowest BCUT2D eigenvalue weighted by atomic mass is 10.0. The molecule has 0 saturated heterocycles. The van der Waals surface area contributed by atoms with Gasteiger partial charge in [0.15, 0.2) is 0 Å². The summed E-state index contributed by atoms with van der Waals surface area (Å²) in [5.74, 6) is 1.00. The van der Waals surface area contributed by atoms with Gasteiger partial charge in [0, 0.05) is 22.2 Å². The van der Waals surface area contributed by atoms with Crippen molar-refractivity contribution in [1.82, 2.24) is 10.2 Å². The molecule has 5 nitrogen and oxygen atoms in total. The van der Waals surface area contributed by atoms with Crippen LogP contribution in [0.2, 0.25) is 0 Å². The van der Waals surface area contributed by atoms with Gasteiger partial charge in [0.25, 0.3) is 0 Å². The summed E-state index contributed by atoms with van der Waals surface area (Å²) < 4.78 is 5.93. The van der Waals surface area contributed by atoms with Gasteiger partial charge >= 0.3 is 0 Å². The van der Waals surface area contributed by atoms with E-state index in [1.807, 2.05) is 60.7 Å². The van der Waals surface area contributed by atoms with Gasteiger partial charge in [-0.15, -0.1) is 17.7 Å². The number of carbonyl (C=O) groups excluding carboxylic acids is 1. The first kappa shape index (κ1) is 20.8. The molecule has 3 aromatic carbocycles. The monoisotopic (exact) mass is 429 g/mol. The van der Waals surface area contributed by atoms with Crippen molar-refractivity contribution in [3.8, 4) is 22.9 Å². The van der Waals surface area contributed by atoms with Crippen molar-refractivity contribution in [2.45, 2.75) is 25.2 Å². The second kappa shape index (κ2) is 9.10. The Balaban J connectivity index is 1.44. The van der Waals surface area contributed by atoms with Crippen molar-refractivity contribution in [2.24, 2.45) is 0 Å². The van der Waals surface area contributed by atoms with Crippen LogP contribution in [0.5, 0.6) is 11.6 Å². The Morgan fingerprint density at radius 1 is 1.00 bits per heavy atom. The maximum atomic E-state index is 12.4. The van der Waals surface area contributed by atoms with Gasteiger partial charge in [-0.25, -0.2) is 0 Å². The van der Waals surface area contributed by atoms with Crippen LogP contribution in [0.1, 0.15) is 16.7 Å². The van der Waals surface area contributed by atoms with Crippen LogP contribution in [0.25, 0.3) is 11.3 Å². The molecule has 0 spiro atoms. The fourth-order valence-corrected chi connectivity index (χ4v) is 3.76. The Labute approximate surface area is 186 Å². The number of ether oxygens (including phenoxy) is 1. The predicted octanol–water partition coefficient (Wildman–Crippen LogP) is 5.96. The molecular formula is C25H23N3O2S. The average Bonchev–Trinajstić information content (AvgIpc) is 3.16. The van der Waals surface area contributed by atoms with Crippen molar-refractivity contribution >= 4 is 24.2 Å². The molecular weight excluding hydrogens is 406 g/mol. The highest BCUT2D eigenvalue weighted by molar-refractivity contribution is 7.80. The minimum Gasteiger partial charge on any atom is -0.438 e. The van der Waals surface area contributed by atoms with Gasteiger partial charge in [-0.3, -0.25) is 9.89 Å². The Morgan fingerprint density at radius 2 is 1.74 bits per heavy atom. The van der Waals surface area contributed by atoms with E-state index in [4.69, 9.17) is 4.74 Å². The van der Waals surface area contributed by atoms with E-state index in [1.54, 1.807) is 0 Å². The van der Waals surface area contributed by atoms with E-state index >= 15 is 0 Å². The van der Waals surface area contributed by atoms with E-state index < -0.39 is 0 Å². The van der Waals surface area contributed by atoms with Crippen LogP contribution < -0.4 is 10.1 Å². The SMILES string of the molecule is Cc1cccc(C)c1-c1cc(Oc2cccc(CC(=O)Nc3cccc(S)c3)c2)n[nH]1. The average molecular weight is 430 g/mol. The van der Waals surface area contributed by atoms with E-state index in [2.05, 4.69) is 54.1 Å². The van der Waals surface area contributed by atoms with Crippen molar-refractivity contribution in [2.75, 3.05) is 5.32 Å². The lowest BCUT2D eigenvalue weighted by Crippen LogP contribution is -2.14. The number of nitrogens with one attached hydrogen (secondary N) is 2. The number of aromatic nitrogens is 2. The predicted molar refractivity (Wildman–Crippen MR) is 126 cm³/mol. The highest BCUT2D eigenvalue weighted by Gasteiger charge is 2.11. The zero-order chi connectivity index (χ0) is 21.8. The lowest BCUT2D eigenvalue weighted by Gasteiger charge is -2.08. The number of carbonyl (C=O) groups is 1. The largest absolute Gasteiger partial charge is 0.438 e. The Hall–Kier alpha value is -3.51. The molecule has 0 atom stereocenters. The number of rotatable bonds is 6. The topological polar surface area (TPSA) is 67.0 Å². The van der Waals surface area contributed by atoms with E-state index in [-0.39, 0.29) is 12.3 Å². The number of H-pyrrole nitrogens is 1. The van der Waals surface area contributed by atoms with Crippen LogP contribution in [-0.4, -0.2) is 16.1 Å². The molecule has 0 unspecified atom stereocenters. The Kier molecular flexibility index (Phi) is 6.09. The van der Waals surface area contributed by atoms with Crippen LogP contribution >= 0.6 is 12.6 Å². The van der Waals surface area contributed by atoms with Crippen molar-refractivity contribution in [3.63, 3.8) is 0 Å². The minimum absolute atomic E-state index is 0.104. The number of thiol groups is 1. The summed E-state index contributed by atoms with van der Waals surface area (Å²) in [5.41, 5.74) is 5.95. The first-order valence-corrected chi connectivity index (χ1v) is 10.4. The van der Waals surface area contributed by atoms with E-state index in [0.29, 0.717) is 11.6 Å². The number of anilines is 1. The highest BCUT2D eigenvalue weighted by atomic mass is 32.1. The lowest BCUT2D eigenvalue weighted by molar-refractivity contribution is -0.115. The van der Waals surface area contributed by atoms with Crippen LogP contribution in [0.4, 0.5) is 5.69 Å². The van der Waals surface area contributed by atoms with Crippen molar-refractivity contribution in [1.29, 1.82) is 0 Å². The summed E-state index contributed by atoms with van der Waals surface area (Å²) in [6.45, 7) is 4.15. The fourth-order valence-electron chi connectivity index (χ4n) is 3.54. The molecule has 4 aromatic rings. The second-order valence-electron chi connectivity index (χ2n) is 7.41. The number of aryl methyl sites for hydroxylation is 2. The van der Waals surface area contributed by atoms with Crippen molar-refractivity contribution in [3.05, 3.63) is 89.5 Å². The van der Waals surface area contributed by atoms with E-state index in [0.717, 1.165) is 27.4 Å². The Morgan fingerprint density at radius 3 is 2.52 bits per heavy atom. The van der Waals surface area contributed by atoms with Crippen molar-refractivity contribution < 1.29 is 9.53 Å². The normalized spacial score (nSPS) is 10.7. The summed E-state index contributed by atoms with van der Waals surface area (Å²) in [6, 6.07) is 22.9.